The minimum Gasteiger partial charge on any atom is -0.380 e. The first kappa shape index (κ1) is 14.9. The molecule has 0 aliphatic carbocycles. The number of anilines is 1. The fourth-order valence-electron chi connectivity index (χ4n) is 1.93. The average molecular weight is 290 g/mol. The van der Waals surface area contributed by atoms with Crippen LogP contribution in [0.5, 0.6) is 0 Å². The van der Waals surface area contributed by atoms with Gasteiger partial charge in [0.2, 0.25) is 0 Å². The van der Waals surface area contributed by atoms with Gasteiger partial charge in [-0.3, -0.25) is 10.1 Å². The fraction of sp³-hybridized carbons (Fsp3) is 0.200. The number of nitrogens with one attached hydrogen (secondary N) is 1. The standard InChI is InChI=1S/C15H15FN2O3/c1-21-10-12-4-2-11(3-5-12)9-17-14-8-13(16)6-7-15(14)18(19)20/h2-8,17H,9-10H2,1H3. The van der Waals surface area contributed by atoms with Gasteiger partial charge in [0.05, 0.1) is 11.5 Å². The molecule has 1 N–H and O–H groups in total. The molecular weight excluding hydrogens is 275 g/mol. The van der Waals surface area contributed by atoms with E-state index < -0.39 is 10.7 Å². The summed E-state index contributed by atoms with van der Waals surface area (Å²) in [5.74, 6) is -0.515. The Labute approximate surface area is 121 Å². The quantitative estimate of drug-likeness (QED) is 0.653. The minimum absolute atomic E-state index is 0.146. The Morgan fingerprint density at radius 1 is 1.19 bits per heavy atom. The maximum Gasteiger partial charge on any atom is 0.292 e. The van der Waals surface area contributed by atoms with Crippen LogP contribution in [0.15, 0.2) is 42.5 Å². The first-order chi connectivity index (χ1) is 10.1. The number of benzene rings is 2. The van der Waals surface area contributed by atoms with Gasteiger partial charge in [0, 0.05) is 25.8 Å². The van der Waals surface area contributed by atoms with Gasteiger partial charge in [0.15, 0.2) is 0 Å². The van der Waals surface area contributed by atoms with Crippen molar-refractivity contribution in [2.75, 3.05) is 12.4 Å². The van der Waals surface area contributed by atoms with Gasteiger partial charge in [-0.2, -0.15) is 0 Å². The molecule has 2 aromatic carbocycles. The van der Waals surface area contributed by atoms with Crippen molar-refractivity contribution in [3.05, 3.63) is 69.5 Å². The number of nitrogens with zero attached hydrogens (tertiary/aromatic N) is 1. The zero-order valence-corrected chi connectivity index (χ0v) is 11.5. The maximum atomic E-state index is 13.2. The van der Waals surface area contributed by atoms with Crippen molar-refractivity contribution in [2.45, 2.75) is 13.2 Å². The molecule has 0 saturated heterocycles. The zero-order chi connectivity index (χ0) is 15.2. The predicted molar refractivity (Wildman–Crippen MR) is 77.5 cm³/mol. The third kappa shape index (κ3) is 4.00. The highest BCUT2D eigenvalue weighted by Crippen LogP contribution is 2.25. The molecule has 0 amide bonds. The lowest BCUT2D eigenvalue weighted by Crippen LogP contribution is -2.03. The van der Waals surface area contributed by atoms with E-state index >= 15 is 0 Å². The van der Waals surface area contributed by atoms with E-state index in [1.807, 2.05) is 24.3 Å². The number of hydrogen-bond acceptors (Lipinski definition) is 4. The van der Waals surface area contributed by atoms with Crippen LogP contribution in [-0.2, 0) is 17.9 Å². The van der Waals surface area contributed by atoms with Crippen molar-refractivity contribution < 1.29 is 14.1 Å². The van der Waals surface area contributed by atoms with Crippen LogP contribution in [0.3, 0.4) is 0 Å². The summed E-state index contributed by atoms with van der Waals surface area (Å²) in [7, 11) is 1.62. The summed E-state index contributed by atoms with van der Waals surface area (Å²) in [5, 5.41) is 13.8. The summed E-state index contributed by atoms with van der Waals surface area (Å²) in [6.07, 6.45) is 0. The second-order valence-corrected chi connectivity index (χ2v) is 4.52. The van der Waals surface area contributed by atoms with E-state index in [2.05, 4.69) is 5.32 Å². The minimum atomic E-state index is -0.538. The maximum absolute atomic E-state index is 13.2. The number of hydrogen-bond donors (Lipinski definition) is 1. The molecule has 0 fully saturated rings. The van der Waals surface area contributed by atoms with E-state index in [4.69, 9.17) is 4.74 Å². The number of rotatable bonds is 6. The number of nitro groups is 1. The van der Waals surface area contributed by atoms with Crippen molar-refractivity contribution in [1.29, 1.82) is 0 Å². The molecule has 0 aliphatic rings. The van der Waals surface area contributed by atoms with Crippen LogP contribution in [0.25, 0.3) is 0 Å². The summed E-state index contributed by atoms with van der Waals surface area (Å²) in [6.45, 7) is 0.903. The molecule has 0 heterocycles. The highest BCUT2D eigenvalue weighted by molar-refractivity contribution is 5.61. The molecule has 5 nitrogen and oxygen atoms in total. The highest BCUT2D eigenvalue weighted by atomic mass is 19.1. The fourth-order valence-corrected chi connectivity index (χ4v) is 1.93. The van der Waals surface area contributed by atoms with Crippen LogP contribution in [0.1, 0.15) is 11.1 Å². The molecule has 0 radical (unpaired) electrons. The van der Waals surface area contributed by atoms with Crippen molar-refractivity contribution in [3.63, 3.8) is 0 Å². The van der Waals surface area contributed by atoms with Crippen molar-refractivity contribution in [1.82, 2.24) is 0 Å². The summed E-state index contributed by atoms with van der Waals surface area (Å²) in [6, 6.07) is 11.0. The van der Waals surface area contributed by atoms with Gasteiger partial charge in [0.1, 0.15) is 11.5 Å². The molecule has 6 heteroatoms. The molecule has 0 saturated carbocycles. The summed E-state index contributed by atoms with van der Waals surface area (Å²) >= 11 is 0. The van der Waals surface area contributed by atoms with Crippen LogP contribution in [-0.4, -0.2) is 12.0 Å². The average Bonchev–Trinajstić information content (AvgIpc) is 2.46. The smallest absolute Gasteiger partial charge is 0.292 e. The zero-order valence-electron chi connectivity index (χ0n) is 11.5. The molecule has 0 bridgehead atoms. The number of methoxy groups -OCH3 is 1. The number of halogens is 1. The second kappa shape index (κ2) is 6.81. The van der Waals surface area contributed by atoms with Crippen molar-refractivity contribution in [2.24, 2.45) is 0 Å². The van der Waals surface area contributed by atoms with Crippen LogP contribution >= 0.6 is 0 Å². The van der Waals surface area contributed by atoms with Gasteiger partial charge in [-0.15, -0.1) is 0 Å². The Morgan fingerprint density at radius 3 is 2.48 bits per heavy atom. The van der Waals surface area contributed by atoms with Gasteiger partial charge < -0.3 is 10.1 Å². The van der Waals surface area contributed by atoms with Gasteiger partial charge in [0.25, 0.3) is 5.69 Å². The number of nitro benzene ring substituents is 1. The molecule has 2 aromatic rings. The summed E-state index contributed by atoms with van der Waals surface area (Å²) in [5.41, 5.74) is 2.00. The van der Waals surface area contributed by atoms with Crippen molar-refractivity contribution in [3.8, 4) is 0 Å². The lowest BCUT2D eigenvalue weighted by Gasteiger charge is -2.08. The van der Waals surface area contributed by atoms with E-state index in [9.17, 15) is 14.5 Å². The van der Waals surface area contributed by atoms with E-state index in [1.54, 1.807) is 7.11 Å². The molecule has 21 heavy (non-hydrogen) atoms. The van der Waals surface area contributed by atoms with Crippen LogP contribution in [0.2, 0.25) is 0 Å². The second-order valence-electron chi connectivity index (χ2n) is 4.52. The molecule has 110 valence electrons. The Bertz CT molecular complexity index is 629. The first-order valence-electron chi connectivity index (χ1n) is 6.34. The Balaban J connectivity index is 2.08. The van der Waals surface area contributed by atoms with Crippen LogP contribution in [0.4, 0.5) is 15.8 Å². The SMILES string of the molecule is COCc1ccc(CNc2cc(F)ccc2[N+](=O)[O-])cc1. The highest BCUT2D eigenvalue weighted by Gasteiger charge is 2.13. The van der Waals surface area contributed by atoms with Gasteiger partial charge in [-0.05, 0) is 17.2 Å². The number of ether oxygens (including phenoxy) is 1. The molecule has 0 aliphatic heterocycles. The lowest BCUT2D eigenvalue weighted by atomic mass is 10.1. The summed E-state index contributed by atoms with van der Waals surface area (Å²) in [4.78, 5) is 10.4. The Kier molecular flexibility index (Phi) is 4.84. The molecule has 0 unspecified atom stereocenters. The lowest BCUT2D eigenvalue weighted by molar-refractivity contribution is -0.384. The molecule has 2 rings (SSSR count). The van der Waals surface area contributed by atoms with E-state index in [0.29, 0.717) is 13.2 Å². The Morgan fingerprint density at radius 2 is 1.86 bits per heavy atom. The van der Waals surface area contributed by atoms with Crippen molar-refractivity contribution >= 4 is 11.4 Å². The van der Waals surface area contributed by atoms with E-state index in [0.717, 1.165) is 29.3 Å². The van der Waals surface area contributed by atoms with Crippen LogP contribution < -0.4 is 5.32 Å². The Hall–Kier alpha value is -2.47. The normalized spacial score (nSPS) is 10.4. The van der Waals surface area contributed by atoms with Gasteiger partial charge in [-0.1, -0.05) is 24.3 Å². The monoisotopic (exact) mass is 290 g/mol. The largest absolute Gasteiger partial charge is 0.380 e. The van der Waals surface area contributed by atoms with Gasteiger partial charge >= 0.3 is 0 Å². The predicted octanol–water partition coefficient (Wildman–Crippen LogP) is 3.49. The van der Waals surface area contributed by atoms with E-state index in [-0.39, 0.29) is 11.4 Å². The molecule has 0 aromatic heterocycles. The molecule has 0 atom stereocenters. The van der Waals surface area contributed by atoms with Gasteiger partial charge in [-0.25, -0.2) is 4.39 Å². The van der Waals surface area contributed by atoms with E-state index in [1.165, 1.54) is 0 Å². The first-order valence-corrected chi connectivity index (χ1v) is 6.34. The molecular formula is C15H15FN2O3. The van der Waals surface area contributed by atoms with Crippen LogP contribution in [0, 0.1) is 15.9 Å². The third-order valence-corrected chi connectivity index (χ3v) is 2.97. The summed E-state index contributed by atoms with van der Waals surface area (Å²) < 4.78 is 18.2. The topological polar surface area (TPSA) is 64.4 Å². The molecule has 0 spiro atoms. The third-order valence-electron chi connectivity index (χ3n) is 2.97.